The molecule has 2 aliphatic rings. The van der Waals surface area contributed by atoms with Crippen LogP contribution >= 0.6 is 0 Å². The van der Waals surface area contributed by atoms with Crippen LogP contribution in [0.15, 0.2) is 65.2 Å². The van der Waals surface area contributed by atoms with Gasteiger partial charge in [0.2, 0.25) is 0 Å². The number of likely N-dealkylation sites (tertiary alicyclic amines) is 1. The predicted molar refractivity (Wildman–Crippen MR) is 143 cm³/mol. The molecule has 1 aromatic carbocycles. The molecule has 0 saturated carbocycles. The minimum Gasteiger partial charge on any atom is -0.392 e. The van der Waals surface area contributed by atoms with Crippen molar-refractivity contribution >= 4 is 24.0 Å². The van der Waals surface area contributed by atoms with E-state index in [-0.39, 0.29) is 23.9 Å². The monoisotopic (exact) mass is 502 g/mol. The van der Waals surface area contributed by atoms with Crippen LogP contribution < -0.4 is 10.6 Å². The Kier molecular flexibility index (Phi) is 6.90. The molecule has 2 aliphatic heterocycles. The summed E-state index contributed by atoms with van der Waals surface area (Å²) in [6.45, 7) is 9.91. The van der Waals surface area contributed by atoms with Crippen molar-refractivity contribution < 1.29 is 14.3 Å². The molecule has 2 atom stereocenters. The molecular formula is C28H31FN6O2. The highest BCUT2D eigenvalue weighted by Crippen LogP contribution is 2.35. The van der Waals surface area contributed by atoms with Gasteiger partial charge >= 0.3 is 0 Å². The van der Waals surface area contributed by atoms with Crippen LogP contribution in [-0.2, 0) is 6.54 Å². The highest BCUT2D eigenvalue weighted by atomic mass is 19.1. The lowest BCUT2D eigenvalue weighted by Crippen LogP contribution is -2.43. The second kappa shape index (κ2) is 10.3. The number of piperidine rings is 1. The maximum Gasteiger partial charge on any atom is 0.254 e. The van der Waals surface area contributed by atoms with Crippen LogP contribution in [0, 0.1) is 5.82 Å². The Labute approximate surface area is 215 Å². The number of hydrogen-bond donors (Lipinski definition) is 3. The number of imidazole rings is 1. The van der Waals surface area contributed by atoms with E-state index in [0.717, 1.165) is 41.8 Å². The van der Waals surface area contributed by atoms with E-state index in [0.29, 0.717) is 35.8 Å². The first kappa shape index (κ1) is 24.9. The first-order chi connectivity index (χ1) is 17.9. The summed E-state index contributed by atoms with van der Waals surface area (Å²) in [6.07, 6.45) is 8.74. The summed E-state index contributed by atoms with van der Waals surface area (Å²) >= 11 is 0. The second-order valence-electron chi connectivity index (χ2n) is 9.63. The number of aliphatic imine (C=N–C) groups is 1. The molecule has 8 nitrogen and oxygen atoms in total. The Morgan fingerprint density at radius 3 is 3.00 bits per heavy atom. The molecule has 3 aromatic rings. The number of hydrogen-bond acceptors (Lipinski definition) is 6. The fraction of sp³-hybridized carbons (Fsp3) is 0.321. The molecule has 4 heterocycles. The van der Waals surface area contributed by atoms with E-state index in [1.54, 1.807) is 16.8 Å². The van der Waals surface area contributed by atoms with Crippen LogP contribution in [0.4, 0.5) is 10.1 Å². The molecule has 0 unspecified atom stereocenters. The molecule has 0 spiro atoms. The molecule has 0 aliphatic carbocycles. The fourth-order valence-electron chi connectivity index (χ4n) is 5.09. The SMILES string of the molecule is C=N/C(=C\C=C(/C)[C@H](C)N1CCC[C@H](O)C1)Nc1ccc(-c2cnc3cc(F)ccn23)c2c1C(=O)NC2. The van der Waals surface area contributed by atoms with Gasteiger partial charge in [-0.25, -0.2) is 14.4 Å². The van der Waals surface area contributed by atoms with Gasteiger partial charge in [0.1, 0.15) is 17.3 Å². The molecule has 2 aromatic heterocycles. The number of amides is 1. The molecule has 3 N–H and O–H groups in total. The van der Waals surface area contributed by atoms with Crippen LogP contribution in [0.1, 0.15) is 42.6 Å². The van der Waals surface area contributed by atoms with E-state index in [1.807, 2.05) is 24.3 Å². The van der Waals surface area contributed by atoms with Crippen LogP contribution in [0.5, 0.6) is 0 Å². The van der Waals surface area contributed by atoms with Crippen LogP contribution in [0.2, 0.25) is 0 Å². The number of rotatable bonds is 7. The van der Waals surface area contributed by atoms with Gasteiger partial charge in [-0.15, -0.1) is 0 Å². The van der Waals surface area contributed by atoms with Gasteiger partial charge in [0.25, 0.3) is 5.91 Å². The fourth-order valence-corrected chi connectivity index (χ4v) is 5.09. The van der Waals surface area contributed by atoms with Crippen molar-refractivity contribution in [3.8, 4) is 11.3 Å². The lowest BCUT2D eigenvalue weighted by molar-refractivity contribution is 0.0582. The average Bonchev–Trinajstić information content (AvgIpc) is 3.49. The number of benzene rings is 1. The van der Waals surface area contributed by atoms with Gasteiger partial charge in [0.15, 0.2) is 0 Å². The van der Waals surface area contributed by atoms with Gasteiger partial charge in [-0.3, -0.25) is 14.1 Å². The van der Waals surface area contributed by atoms with E-state index >= 15 is 0 Å². The standard InChI is InChI=1S/C28H31FN6O2/c1-17(18(2)34-11-4-5-20(36)16-34)6-9-25(30-3)33-23-8-7-21(22-14-32-28(37)27(22)23)24-15-31-26-13-19(29)10-12-35(24)26/h6-10,12-13,15,18,20,33,36H,3-5,11,14,16H2,1-2H3,(H,32,37)/b17-6+,25-9+/t18-,20-/m0/s1. The maximum absolute atomic E-state index is 13.6. The third-order valence-corrected chi connectivity index (χ3v) is 7.29. The van der Waals surface area contributed by atoms with E-state index in [1.165, 1.54) is 12.1 Å². The van der Waals surface area contributed by atoms with E-state index in [9.17, 15) is 14.3 Å². The summed E-state index contributed by atoms with van der Waals surface area (Å²) in [4.78, 5) is 23.6. The number of nitrogens with one attached hydrogen (secondary N) is 2. The van der Waals surface area contributed by atoms with Crippen LogP contribution in [-0.4, -0.2) is 57.3 Å². The lowest BCUT2D eigenvalue weighted by Gasteiger charge is -2.35. The van der Waals surface area contributed by atoms with Crippen molar-refractivity contribution in [3.63, 3.8) is 0 Å². The number of nitrogens with zero attached hydrogens (tertiary/aromatic N) is 4. The number of fused-ring (bicyclic) bond motifs is 2. The number of aliphatic hydroxyl groups is 1. The van der Waals surface area contributed by atoms with Gasteiger partial charge in [0.05, 0.1) is 29.2 Å². The summed E-state index contributed by atoms with van der Waals surface area (Å²) < 4.78 is 15.4. The Balaban J connectivity index is 1.42. The number of halogens is 1. The number of pyridine rings is 1. The summed E-state index contributed by atoms with van der Waals surface area (Å²) in [5.41, 5.74) is 5.28. The Morgan fingerprint density at radius 2 is 2.22 bits per heavy atom. The lowest BCUT2D eigenvalue weighted by atomic mass is 9.99. The highest BCUT2D eigenvalue weighted by Gasteiger charge is 2.27. The molecule has 0 radical (unpaired) electrons. The van der Waals surface area contributed by atoms with Gasteiger partial charge in [-0.2, -0.15) is 0 Å². The first-order valence-electron chi connectivity index (χ1n) is 12.5. The van der Waals surface area contributed by atoms with Gasteiger partial charge in [0, 0.05) is 37.0 Å². The molecule has 9 heteroatoms. The molecule has 192 valence electrons. The van der Waals surface area contributed by atoms with E-state index < -0.39 is 0 Å². The first-order valence-corrected chi connectivity index (χ1v) is 12.5. The Morgan fingerprint density at radius 1 is 1.38 bits per heavy atom. The summed E-state index contributed by atoms with van der Waals surface area (Å²) in [5.74, 6) is -0.00787. The number of allylic oxidation sites excluding steroid dienone is 2. The van der Waals surface area contributed by atoms with Crippen molar-refractivity contribution in [2.75, 3.05) is 18.4 Å². The minimum atomic E-state index is -0.352. The zero-order valence-electron chi connectivity index (χ0n) is 21.0. The van der Waals surface area contributed by atoms with E-state index in [2.05, 4.69) is 46.1 Å². The molecule has 1 amide bonds. The molecule has 5 rings (SSSR count). The van der Waals surface area contributed by atoms with Crippen molar-refractivity contribution in [3.05, 3.63) is 77.1 Å². The largest absolute Gasteiger partial charge is 0.392 e. The van der Waals surface area contributed by atoms with Crippen LogP contribution in [0.3, 0.4) is 0 Å². The molecule has 37 heavy (non-hydrogen) atoms. The maximum atomic E-state index is 13.6. The number of carbonyl (C=O) groups excluding carboxylic acids is 1. The van der Waals surface area contributed by atoms with Gasteiger partial charge in [-0.1, -0.05) is 17.7 Å². The number of carbonyl (C=O) groups is 1. The van der Waals surface area contributed by atoms with Crippen molar-refractivity contribution in [1.29, 1.82) is 0 Å². The molecule has 1 saturated heterocycles. The smallest absolute Gasteiger partial charge is 0.254 e. The second-order valence-corrected chi connectivity index (χ2v) is 9.63. The number of aromatic nitrogens is 2. The summed E-state index contributed by atoms with van der Waals surface area (Å²) in [7, 11) is 0. The third-order valence-electron chi connectivity index (χ3n) is 7.29. The molecule has 0 bridgehead atoms. The number of aliphatic hydroxyl groups excluding tert-OH is 1. The number of β-amino-alcohol motifs (C(OH)–C–C–N with tert-alkyl or cyclic N) is 1. The van der Waals surface area contributed by atoms with Crippen molar-refractivity contribution in [2.24, 2.45) is 4.99 Å². The normalized spacial score (nSPS) is 19.6. The zero-order chi connectivity index (χ0) is 26.1. The number of anilines is 1. The highest BCUT2D eigenvalue weighted by molar-refractivity contribution is 6.05. The zero-order valence-corrected chi connectivity index (χ0v) is 21.0. The Hall–Kier alpha value is -3.82. The molecular weight excluding hydrogens is 471 g/mol. The summed E-state index contributed by atoms with van der Waals surface area (Å²) in [5, 5.41) is 16.2. The van der Waals surface area contributed by atoms with Crippen molar-refractivity contribution in [2.45, 2.75) is 45.4 Å². The minimum absolute atomic E-state index is 0.174. The van der Waals surface area contributed by atoms with Gasteiger partial charge in [-0.05, 0) is 63.7 Å². The quantitative estimate of drug-likeness (QED) is 0.334. The van der Waals surface area contributed by atoms with Crippen molar-refractivity contribution in [1.82, 2.24) is 19.6 Å². The molecule has 1 fully saturated rings. The summed E-state index contributed by atoms with van der Waals surface area (Å²) in [6, 6.07) is 6.72. The van der Waals surface area contributed by atoms with Crippen LogP contribution in [0.25, 0.3) is 16.9 Å². The topological polar surface area (TPSA) is 94.3 Å². The average molecular weight is 503 g/mol. The predicted octanol–water partition coefficient (Wildman–Crippen LogP) is 4.13. The Bertz CT molecular complexity index is 1430. The van der Waals surface area contributed by atoms with E-state index in [4.69, 9.17) is 0 Å². The third kappa shape index (κ3) is 4.92. The van der Waals surface area contributed by atoms with Gasteiger partial charge < -0.3 is 15.7 Å².